The number of halogens is 1. The van der Waals surface area contributed by atoms with Crippen LogP contribution in [0.4, 0.5) is 11.4 Å². The number of nitro benzene ring substituents is 1. The standard InChI is InChI=1S/C19H19ClN4O6/c1-11(8-18(25)21-15-10-13(29-2)5-7-17(15)30-3)22-23-19(26)12-4-6-16(24(27)28)14(20)9-12/h4-7,9-10H,8H2,1-3H3,(H,21,25)(H,23,26)/b22-11+. The highest BCUT2D eigenvalue weighted by molar-refractivity contribution is 6.33. The maximum absolute atomic E-state index is 12.3. The number of carbonyl (C=O) groups excluding carboxylic acids is 2. The van der Waals surface area contributed by atoms with Gasteiger partial charge in [-0.05, 0) is 31.2 Å². The van der Waals surface area contributed by atoms with Gasteiger partial charge < -0.3 is 14.8 Å². The van der Waals surface area contributed by atoms with Crippen LogP contribution in [0.25, 0.3) is 0 Å². The van der Waals surface area contributed by atoms with Crippen molar-refractivity contribution in [2.75, 3.05) is 19.5 Å². The van der Waals surface area contributed by atoms with Crippen LogP contribution in [0.2, 0.25) is 5.02 Å². The number of amides is 2. The number of methoxy groups -OCH3 is 2. The molecule has 0 saturated heterocycles. The summed E-state index contributed by atoms with van der Waals surface area (Å²) in [6.07, 6.45) is -0.0956. The Balaban J connectivity index is 2.00. The fourth-order valence-corrected chi connectivity index (χ4v) is 2.63. The van der Waals surface area contributed by atoms with Crippen molar-refractivity contribution in [3.63, 3.8) is 0 Å². The normalized spacial score (nSPS) is 10.9. The molecule has 0 heterocycles. The predicted molar refractivity (Wildman–Crippen MR) is 111 cm³/mol. The van der Waals surface area contributed by atoms with Crippen LogP contribution in [-0.2, 0) is 4.79 Å². The van der Waals surface area contributed by atoms with Gasteiger partial charge in [0.2, 0.25) is 5.91 Å². The van der Waals surface area contributed by atoms with Crippen LogP contribution in [-0.4, -0.2) is 36.7 Å². The molecule has 0 aromatic heterocycles. The van der Waals surface area contributed by atoms with Gasteiger partial charge in [-0.1, -0.05) is 11.6 Å². The van der Waals surface area contributed by atoms with Crippen LogP contribution < -0.4 is 20.2 Å². The first kappa shape index (κ1) is 22.6. The monoisotopic (exact) mass is 434 g/mol. The molecule has 2 aromatic rings. The van der Waals surface area contributed by atoms with Crippen molar-refractivity contribution in [1.29, 1.82) is 0 Å². The summed E-state index contributed by atoms with van der Waals surface area (Å²) in [7, 11) is 2.98. The molecule has 11 heteroatoms. The minimum absolute atomic E-state index is 0.0905. The highest BCUT2D eigenvalue weighted by Gasteiger charge is 2.15. The van der Waals surface area contributed by atoms with Crippen LogP contribution in [0.15, 0.2) is 41.5 Å². The molecule has 158 valence electrons. The Morgan fingerprint density at radius 1 is 1.17 bits per heavy atom. The summed E-state index contributed by atoms with van der Waals surface area (Å²) < 4.78 is 10.3. The summed E-state index contributed by atoms with van der Waals surface area (Å²) in [5.74, 6) is 0.00376. The second kappa shape index (κ2) is 10.2. The van der Waals surface area contributed by atoms with Crippen molar-refractivity contribution in [2.45, 2.75) is 13.3 Å². The highest BCUT2D eigenvalue weighted by Crippen LogP contribution is 2.29. The molecule has 0 atom stereocenters. The van der Waals surface area contributed by atoms with Gasteiger partial charge in [-0.3, -0.25) is 19.7 Å². The Kier molecular flexibility index (Phi) is 7.70. The lowest BCUT2D eigenvalue weighted by atomic mass is 10.2. The molecule has 2 N–H and O–H groups in total. The zero-order chi connectivity index (χ0) is 22.3. The molecule has 0 fully saturated rings. The van der Waals surface area contributed by atoms with Crippen LogP contribution in [0.5, 0.6) is 11.5 Å². The summed E-state index contributed by atoms with van der Waals surface area (Å²) in [5, 5.41) is 17.2. The summed E-state index contributed by atoms with van der Waals surface area (Å²) in [5.41, 5.74) is 2.82. The fraction of sp³-hybridized carbons (Fsp3) is 0.211. The molecule has 0 saturated carbocycles. The molecular formula is C19H19ClN4O6. The minimum atomic E-state index is -0.651. The van der Waals surface area contributed by atoms with E-state index in [-0.39, 0.29) is 28.6 Å². The SMILES string of the molecule is COc1ccc(OC)c(NC(=O)C/C(C)=N/NC(=O)c2ccc([N+](=O)[O-])c(Cl)c2)c1. The number of anilines is 1. The molecule has 0 aliphatic rings. The second-order valence-corrected chi connectivity index (χ2v) is 6.41. The van der Waals surface area contributed by atoms with Crippen LogP contribution in [0.3, 0.4) is 0 Å². The molecular weight excluding hydrogens is 416 g/mol. The van der Waals surface area contributed by atoms with E-state index >= 15 is 0 Å². The van der Waals surface area contributed by atoms with E-state index in [0.717, 1.165) is 6.07 Å². The van der Waals surface area contributed by atoms with E-state index in [1.807, 2.05) is 0 Å². The van der Waals surface area contributed by atoms with E-state index in [4.69, 9.17) is 21.1 Å². The molecule has 0 spiro atoms. The number of hydrogen-bond acceptors (Lipinski definition) is 7. The van der Waals surface area contributed by atoms with Crippen molar-refractivity contribution >= 4 is 40.5 Å². The molecule has 30 heavy (non-hydrogen) atoms. The third kappa shape index (κ3) is 5.92. The highest BCUT2D eigenvalue weighted by atomic mass is 35.5. The molecule has 0 aliphatic carbocycles. The lowest BCUT2D eigenvalue weighted by Crippen LogP contribution is -2.21. The summed E-state index contributed by atoms with van der Waals surface area (Å²) >= 11 is 5.79. The van der Waals surface area contributed by atoms with Crippen molar-refractivity contribution in [3.8, 4) is 11.5 Å². The second-order valence-electron chi connectivity index (χ2n) is 6.00. The number of ether oxygens (including phenoxy) is 2. The van der Waals surface area contributed by atoms with E-state index in [1.54, 1.807) is 25.1 Å². The fourth-order valence-electron chi connectivity index (χ4n) is 2.38. The molecule has 2 aromatic carbocycles. The lowest BCUT2D eigenvalue weighted by molar-refractivity contribution is -0.384. The molecule has 0 aliphatic heterocycles. The maximum atomic E-state index is 12.3. The minimum Gasteiger partial charge on any atom is -0.497 e. The zero-order valence-electron chi connectivity index (χ0n) is 16.4. The number of carbonyl (C=O) groups is 2. The van der Waals surface area contributed by atoms with Gasteiger partial charge in [0, 0.05) is 23.4 Å². The Hall–Kier alpha value is -3.66. The van der Waals surface area contributed by atoms with Gasteiger partial charge in [0.1, 0.15) is 16.5 Å². The molecule has 2 amide bonds. The van der Waals surface area contributed by atoms with Crippen molar-refractivity contribution in [2.24, 2.45) is 5.10 Å². The van der Waals surface area contributed by atoms with E-state index in [1.165, 1.54) is 26.4 Å². The third-order valence-electron chi connectivity index (χ3n) is 3.85. The van der Waals surface area contributed by atoms with Gasteiger partial charge in [-0.25, -0.2) is 5.43 Å². The van der Waals surface area contributed by atoms with Crippen molar-refractivity contribution < 1.29 is 24.0 Å². The van der Waals surface area contributed by atoms with Gasteiger partial charge in [0.25, 0.3) is 11.6 Å². The molecule has 0 bridgehead atoms. The van der Waals surface area contributed by atoms with E-state index in [9.17, 15) is 19.7 Å². The average molecular weight is 435 g/mol. The zero-order valence-corrected chi connectivity index (χ0v) is 17.1. The van der Waals surface area contributed by atoms with Crippen LogP contribution in [0.1, 0.15) is 23.7 Å². The first-order valence-electron chi connectivity index (χ1n) is 8.54. The largest absolute Gasteiger partial charge is 0.497 e. The first-order valence-corrected chi connectivity index (χ1v) is 8.92. The van der Waals surface area contributed by atoms with E-state index < -0.39 is 10.8 Å². The number of hydrazone groups is 1. The van der Waals surface area contributed by atoms with Gasteiger partial charge >= 0.3 is 0 Å². The Bertz CT molecular complexity index is 1010. The lowest BCUT2D eigenvalue weighted by Gasteiger charge is -2.11. The first-order chi connectivity index (χ1) is 14.2. The maximum Gasteiger partial charge on any atom is 0.287 e. The van der Waals surface area contributed by atoms with Gasteiger partial charge in [0.05, 0.1) is 31.3 Å². The van der Waals surface area contributed by atoms with Crippen LogP contribution >= 0.6 is 11.6 Å². The molecule has 0 unspecified atom stereocenters. The summed E-state index contributed by atoms with van der Waals surface area (Å²) in [6, 6.07) is 8.52. The smallest absolute Gasteiger partial charge is 0.287 e. The number of nitrogens with one attached hydrogen (secondary N) is 2. The molecule has 10 nitrogen and oxygen atoms in total. The van der Waals surface area contributed by atoms with Crippen molar-refractivity contribution in [3.05, 3.63) is 57.1 Å². The number of hydrogen-bond donors (Lipinski definition) is 2. The Morgan fingerprint density at radius 3 is 2.50 bits per heavy atom. The topological polar surface area (TPSA) is 132 Å². The van der Waals surface area contributed by atoms with E-state index in [2.05, 4.69) is 15.8 Å². The Morgan fingerprint density at radius 2 is 1.90 bits per heavy atom. The van der Waals surface area contributed by atoms with Gasteiger partial charge in [-0.2, -0.15) is 5.10 Å². The summed E-state index contributed by atoms with van der Waals surface area (Å²) in [6.45, 7) is 1.56. The number of nitrogens with zero attached hydrogens (tertiary/aromatic N) is 2. The Labute approximate surface area is 177 Å². The molecule has 2 rings (SSSR count). The summed E-state index contributed by atoms with van der Waals surface area (Å²) in [4.78, 5) is 34.5. The molecule has 0 radical (unpaired) electrons. The predicted octanol–water partition coefficient (Wildman–Crippen LogP) is 3.40. The van der Waals surface area contributed by atoms with Gasteiger partial charge in [0.15, 0.2) is 0 Å². The van der Waals surface area contributed by atoms with Crippen LogP contribution in [0, 0.1) is 10.1 Å². The van der Waals surface area contributed by atoms with E-state index in [0.29, 0.717) is 22.9 Å². The third-order valence-corrected chi connectivity index (χ3v) is 4.15. The number of nitro groups is 1. The quantitative estimate of drug-likeness (QED) is 0.371. The number of rotatable bonds is 8. The number of benzene rings is 2. The van der Waals surface area contributed by atoms with Crippen molar-refractivity contribution in [1.82, 2.24) is 5.43 Å². The average Bonchev–Trinajstić information content (AvgIpc) is 2.71. The van der Waals surface area contributed by atoms with Gasteiger partial charge in [-0.15, -0.1) is 0 Å².